The van der Waals surface area contributed by atoms with Gasteiger partial charge in [-0.2, -0.15) is 0 Å². The lowest BCUT2D eigenvalue weighted by Gasteiger charge is -2.40. The number of hydrogen-bond donors (Lipinski definition) is 1. The Morgan fingerprint density at radius 1 is 1.22 bits per heavy atom. The quantitative estimate of drug-likeness (QED) is 0.668. The fourth-order valence-corrected chi connectivity index (χ4v) is 4.29. The van der Waals surface area contributed by atoms with Crippen LogP contribution in [-0.2, 0) is 10.2 Å². The summed E-state index contributed by atoms with van der Waals surface area (Å²) in [6.07, 6.45) is 3.65. The zero-order valence-corrected chi connectivity index (χ0v) is 15.5. The number of rotatable bonds is 3. The van der Waals surface area contributed by atoms with Gasteiger partial charge in [-0.3, -0.25) is 14.9 Å². The molecular formula is C21H21N3O3. The fourth-order valence-electron chi connectivity index (χ4n) is 4.29. The predicted molar refractivity (Wildman–Crippen MR) is 105 cm³/mol. The first-order chi connectivity index (χ1) is 12.8. The van der Waals surface area contributed by atoms with Crippen molar-refractivity contribution in [2.24, 2.45) is 0 Å². The monoisotopic (exact) mass is 363 g/mol. The Morgan fingerprint density at radius 2 is 1.96 bits per heavy atom. The van der Waals surface area contributed by atoms with E-state index in [1.807, 2.05) is 25.1 Å². The molecule has 2 aliphatic rings. The summed E-state index contributed by atoms with van der Waals surface area (Å²) >= 11 is 0. The van der Waals surface area contributed by atoms with Gasteiger partial charge in [0.05, 0.1) is 17.0 Å². The lowest BCUT2D eigenvalue weighted by molar-refractivity contribution is -0.385. The van der Waals surface area contributed by atoms with E-state index in [0.717, 1.165) is 16.8 Å². The van der Waals surface area contributed by atoms with E-state index < -0.39 is 11.1 Å². The van der Waals surface area contributed by atoms with Crippen LogP contribution >= 0.6 is 0 Å². The van der Waals surface area contributed by atoms with Gasteiger partial charge in [0, 0.05) is 17.2 Å². The summed E-state index contributed by atoms with van der Waals surface area (Å²) in [6, 6.07) is 12.9. The Hall–Kier alpha value is -3.15. The predicted octanol–water partition coefficient (Wildman–Crippen LogP) is 3.54. The Balaban J connectivity index is 1.86. The number of aryl methyl sites for hydroxylation is 1. The van der Waals surface area contributed by atoms with E-state index >= 15 is 0 Å². The van der Waals surface area contributed by atoms with Crippen molar-refractivity contribution in [2.75, 3.05) is 11.4 Å². The first-order valence-electron chi connectivity index (χ1n) is 8.89. The third-order valence-electron chi connectivity index (χ3n) is 5.76. The molecule has 0 radical (unpaired) electrons. The Labute approximate surface area is 157 Å². The van der Waals surface area contributed by atoms with Crippen molar-refractivity contribution in [2.45, 2.75) is 31.8 Å². The van der Waals surface area contributed by atoms with Crippen LogP contribution in [0, 0.1) is 17.0 Å². The molecule has 2 aliphatic heterocycles. The summed E-state index contributed by atoms with van der Waals surface area (Å²) in [4.78, 5) is 25.3. The number of nitrogens with one attached hydrogen (secondary N) is 1. The molecule has 1 atom stereocenters. The molecule has 1 fully saturated rings. The first-order valence-corrected chi connectivity index (χ1v) is 8.89. The summed E-state index contributed by atoms with van der Waals surface area (Å²) in [5.41, 5.74) is 2.74. The average molecular weight is 363 g/mol. The molecule has 138 valence electrons. The van der Waals surface area contributed by atoms with Gasteiger partial charge in [-0.05, 0) is 36.8 Å². The molecule has 0 aromatic heterocycles. The van der Waals surface area contributed by atoms with Gasteiger partial charge in [0.25, 0.3) is 5.69 Å². The van der Waals surface area contributed by atoms with Gasteiger partial charge >= 0.3 is 0 Å². The highest BCUT2D eigenvalue weighted by molar-refractivity contribution is 5.91. The molecule has 2 aromatic rings. The molecule has 1 N–H and O–H groups in total. The van der Waals surface area contributed by atoms with Crippen LogP contribution in [0.2, 0.25) is 0 Å². The number of carbonyl (C=O) groups excluding carboxylic acids is 1. The number of nitro benzene ring substituents is 1. The minimum atomic E-state index is -0.760. The van der Waals surface area contributed by atoms with Crippen molar-refractivity contribution in [3.63, 3.8) is 0 Å². The minimum Gasteiger partial charge on any atom is -0.335 e. The number of carbonyl (C=O) groups is 1. The van der Waals surface area contributed by atoms with Crippen LogP contribution in [0.15, 0.2) is 48.5 Å². The second-order valence-corrected chi connectivity index (χ2v) is 7.70. The van der Waals surface area contributed by atoms with Crippen LogP contribution in [0.4, 0.5) is 11.4 Å². The SMILES string of the molecule is Cc1ccc2c(c1)C(C)(C)[C@]1(/C=C/c3ccccc3[N+](=O)[O-])NC(=O)CN21. The van der Waals surface area contributed by atoms with E-state index in [1.165, 1.54) is 6.07 Å². The maximum Gasteiger partial charge on any atom is 0.276 e. The Kier molecular flexibility index (Phi) is 3.63. The molecule has 6 nitrogen and oxygen atoms in total. The van der Waals surface area contributed by atoms with Crippen molar-refractivity contribution in [3.8, 4) is 0 Å². The summed E-state index contributed by atoms with van der Waals surface area (Å²) in [5.74, 6) is -0.0542. The molecule has 0 aliphatic carbocycles. The second kappa shape index (κ2) is 5.67. The smallest absolute Gasteiger partial charge is 0.276 e. The summed E-state index contributed by atoms with van der Waals surface area (Å²) in [7, 11) is 0. The molecule has 2 heterocycles. The second-order valence-electron chi connectivity index (χ2n) is 7.70. The zero-order valence-electron chi connectivity index (χ0n) is 15.5. The van der Waals surface area contributed by atoms with Crippen molar-refractivity contribution >= 4 is 23.4 Å². The van der Waals surface area contributed by atoms with Crippen molar-refractivity contribution < 1.29 is 9.72 Å². The van der Waals surface area contributed by atoms with Gasteiger partial charge in [-0.1, -0.05) is 43.7 Å². The van der Waals surface area contributed by atoms with Gasteiger partial charge in [0.15, 0.2) is 0 Å². The van der Waals surface area contributed by atoms with Gasteiger partial charge in [0.2, 0.25) is 5.91 Å². The van der Waals surface area contributed by atoms with E-state index in [2.05, 4.69) is 30.1 Å². The van der Waals surface area contributed by atoms with Crippen LogP contribution in [0.1, 0.15) is 30.5 Å². The molecule has 0 spiro atoms. The van der Waals surface area contributed by atoms with E-state index in [-0.39, 0.29) is 23.1 Å². The van der Waals surface area contributed by atoms with Crippen molar-refractivity contribution in [3.05, 3.63) is 75.3 Å². The standard InChI is InChI=1S/C21H21N3O3/c1-14-8-9-18-16(12-14)20(2,3)21(22-19(25)13-23(18)21)11-10-15-6-4-5-7-17(15)24(26)27/h4-12H,13H2,1-3H3,(H,22,25)/b11-10+/t21-/m1/s1. The zero-order chi connectivity index (χ0) is 19.4. The Bertz CT molecular complexity index is 996. The van der Waals surface area contributed by atoms with Gasteiger partial charge < -0.3 is 10.2 Å². The maximum absolute atomic E-state index is 12.3. The number of anilines is 1. The average Bonchev–Trinajstić information content (AvgIpc) is 3.04. The lowest BCUT2D eigenvalue weighted by atomic mass is 9.75. The lowest BCUT2D eigenvalue weighted by Crippen LogP contribution is -2.58. The molecular weight excluding hydrogens is 342 g/mol. The van der Waals surface area contributed by atoms with E-state index in [9.17, 15) is 14.9 Å². The molecule has 0 saturated carbocycles. The maximum atomic E-state index is 12.3. The van der Waals surface area contributed by atoms with E-state index in [1.54, 1.807) is 24.3 Å². The highest BCUT2D eigenvalue weighted by Crippen LogP contribution is 2.53. The van der Waals surface area contributed by atoms with E-state index in [4.69, 9.17) is 0 Å². The minimum absolute atomic E-state index is 0.0465. The molecule has 27 heavy (non-hydrogen) atoms. The molecule has 4 rings (SSSR count). The molecule has 6 heteroatoms. The van der Waals surface area contributed by atoms with Crippen molar-refractivity contribution in [1.29, 1.82) is 0 Å². The highest BCUT2D eigenvalue weighted by Gasteiger charge is 2.59. The molecule has 0 unspecified atom stereocenters. The number of fused-ring (bicyclic) bond motifs is 3. The fraction of sp³-hybridized carbons (Fsp3) is 0.286. The third-order valence-corrected chi connectivity index (χ3v) is 5.76. The number of para-hydroxylation sites is 1. The van der Waals surface area contributed by atoms with Crippen LogP contribution in [0.5, 0.6) is 0 Å². The highest BCUT2D eigenvalue weighted by atomic mass is 16.6. The van der Waals surface area contributed by atoms with Gasteiger partial charge in [0.1, 0.15) is 5.66 Å². The topological polar surface area (TPSA) is 75.5 Å². The van der Waals surface area contributed by atoms with Gasteiger partial charge in [-0.25, -0.2) is 0 Å². The first kappa shape index (κ1) is 17.3. The number of hydrogen-bond acceptors (Lipinski definition) is 4. The van der Waals surface area contributed by atoms with Crippen LogP contribution in [0.3, 0.4) is 0 Å². The molecule has 1 saturated heterocycles. The third kappa shape index (κ3) is 2.36. The normalized spacial score (nSPS) is 22.6. The largest absolute Gasteiger partial charge is 0.335 e. The summed E-state index contributed by atoms with van der Waals surface area (Å²) in [5, 5.41) is 14.5. The van der Waals surface area contributed by atoms with Gasteiger partial charge in [-0.15, -0.1) is 0 Å². The van der Waals surface area contributed by atoms with Crippen LogP contribution < -0.4 is 10.2 Å². The molecule has 2 aromatic carbocycles. The molecule has 1 amide bonds. The number of nitro groups is 1. The number of amides is 1. The summed E-state index contributed by atoms with van der Waals surface area (Å²) in [6.45, 7) is 6.51. The number of benzene rings is 2. The Morgan fingerprint density at radius 3 is 2.70 bits per heavy atom. The van der Waals surface area contributed by atoms with E-state index in [0.29, 0.717) is 5.56 Å². The number of nitrogens with zero attached hydrogens (tertiary/aromatic N) is 2. The van der Waals surface area contributed by atoms with Crippen LogP contribution in [-0.4, -0.2) is 23.0 Å². The summed E-state index contributed by atoms with van der Waals surface area (Å²) < 4.78 is 0. The van der Waals surface area contributed by atoms with Crippen LogP contribution in [0.25, 0.3) is 6.08 Å². The van der Waals surface area contributed by atoms with Crippen molar-refractivity contribution in [1.82, 2.24) is 5.32 Å². The molecule has 0 bridgehead atoms.